The van der Waals surface area contributed by atoms with E-state index in [1.807, 2.05) is 16.8 Å². The number of unbranched alkanes of at least 4 members (excludes halogenated alkanes) is 5. The average Bonchev–Trinajstić information content (AvgIpc) is 2.85. The third kappa shape index (κ3) is 7.45. The molecule has 102 valence electrons. The smallest absolute Gasteiger partial charge is 0.224 e. The second-order valence-corrected chi connectivity index (χ2v) is 5.35. The van der Waals surface area contributed by atoms with Crippen molar-refractivity contribution in [3.05, 3.63) is 22.4 Å². The first-order valence-electron chi connectivity index (χ1n) is 6.81. The lowest BCUT2D eigenvalue weighted by Crippen LogP contribution is -2.25. The molecule has 0 aliphatic carbocycles. The molecule has 3 N–H and O–H groups in total. The molecule has 0 aromatic carbocycles. The van der Waals surface area contributed by atoms with Crippen molar-refractivity contribution < 1.29 is 4.79 Å². The van der Waals surface area contributed by atoms with Gasteiger partial charge >= 0.3 is 0 Å². The number of hydrogen-bond donors (Lipinski definition) is 2. The average molecular weight is 268 g/mol. The molecule has 0 fully saturated rings. The maximum atomic E-state index is 11.6. The van der Waals surface area contributed by atoms with Crippen LogP contribution in [0.15, 0.2) is 16.8 Å². The van der Waals surface area contributed by atoms with E-state index in [1.54, 1.807) is 11.3 Å². The number of thiophene rings is 1. The zero-order valence-electron chi connectivity index (χ0n) is 11.0. The van der Waals surface area contributed by atoms with Crippen LogP contribution in [0.1, 0.15) is 44.1 Å². The van der Waals surface area contributed by atoms with Crippen LogP contribution in [0.2, 0.25) is 0 Å². The minimum absolute atomic E-state index is 0.136. The summed E-state index contributed by atoms with van der Waals surface area (Å²) in [5.41, 5.74) is 6.54. The van der Waals surface area contributed by atoms with Gasteiger partial charge in [-0.3, -0.25) is 4.79 Å². The van der Waals surface area contributed by atoms with Crippen molar-refractivity contribution in [3.63, 3.8) is 0 Å². The first kappa shape index (κ1) is 15.2. The van der Waals surface area contributed by atoms with Crippen LogP contribution in [0.3, 0.4) is 0 Å². The van der Waals surface area contributed by atoms with Gasteiger partial charge in [0.05, 0.1) is 6.42 Å². The van der Waals surface area contributed by atoms with E-state index in [1.165, 1.54) is 25.7 Å². The van der Waals surface area contributed by atoms with Crippen molar-refractivity contribution in [2.24, 2.45) is 5.73 Å². The summed E-state index contributed by atoms with van der Waals surface area (Å²) in [6.07, 6.45) is 7.68. The Labute approximate surface area is 114 Å². The Morgan fingerprint density at radius 1 is 1.17 bits per heavy atom. The van der Waals surface area contributed by atoms with Crippen molar-refractivity contribution in [2.75, 3.05) is 13.1 Å². The monoisotopic (exact) mass is 268 g/mol. The van der Waals surface area contributed by atoms with Crippen molar-refractivity contribution >= 4 is 17.2 Å². The molecule has 0 saturated heterocycles. The molecule has 0 aliphatic heterocycles. The Bertz CT molecular complexity index is 312. The molecule has 18 heavy (non-hydrogen) atoms. The summed E-state index contributed by atoms with van der Waals surface area (Å²) in [6, 6.07) is 2.00. The number of carbonyl (C=O) groups is 1. The standard InChI is InChI=1S/C14H24N2OS/c15-8-5-3-1-2-4-6-9-16-14(17)11-13-7-10-18-12-13/h7,10,12H,1-6,8-9,11,15H2,(H,16,17). The molecule has 0 atom stereocenters. The van der Waals surface area contributed by atoms with Crippen LogP contribution in [-0.2, 0) is 11.2 Å². The van der Waals surface area contributed by atoms with E-state index in [4.69, 9.17) is 5.73 Å². The fourth-order valence-electron chi connectivity index (χ4n) is 1.85. The van der Waals surface area contributed by atoms with Crippen LogP contribution in [0.25, 0.3) is 0 Å². The van der Waals surface area contributed by atoms with Gasteiger partial charge in [0.1, 0.15) is 0 Å². The van der Waals surface area contributed by atoms with Gasteiger partial charge in [-0.1, -0.05) is 25.7 Å². The molecule has 0 bridgehead atoms. The summed E-state index contributed by atoms with van der Waals surface area (Å²) in [7, 11) is 0. The van der Waals surface area contributed by atoms with E-state index in [0.29, 0.717) is 6.42 Å². The van der Waals surface area contributed by atoms with Crippen LogP contribution in [0, 0.1) is 0 Å². The van der Waals surface area contributed by atoms with Gasteiger partial charge in [0.15, 0.2) is 0 Å². The Kier molecular flexibility index (Phi) is 8.51. The molecule has 0 unspecified atom stereocenters. The molecule has 3 nitrogen and oxygen atoms in total. The van der Waals surface area contributed by atoms with Gasteiger partial charge in [-0.05, 0) is 41.8 Å². The second-order valence-electron chi connectivity index (χ2n) is 4.57. The Hall–Kier alpha value is -0.870. The minimum atomic E-state index is 0.136. The van der Waals surface area contributed by atoms with Crippen LogP contribution < -0.4 is 11.1 Å². The van der Waals surface area contributed by atoms with Crippen LogP contribution >= 0.6 is 11.3 Å². The zero-order chi connectivity index (χ0) is 13.1. The first-order chi connectivity index (χ1) is 8.83. The summed E-state index contributed by atoms with van der Waals surface area (Å²) in [4.78, 5) is 11.6. The lowest BCUT2D eigenvalue weighted by molar-refractivity contribution is -0.120. The number of carbonyl (C=O) groups excluding carboxylic acids is 1. The Morgan fingerprint density at radius 3 is 2.56 bits per heavy atom. The quantitative estimate of drug-likeness (QED) is 0.641. The fourth-order valence-corrected chi connectivity index (χ4v) is 2.51. The molecule has 1 rings (SSSR count). The van der Waals surface area contributed by atoms with E-state index in [-0.39, 0.29) is 5.91 Å². The number of nitrogens with two attached hydrogens (primary N) is 1. The molecular weight excluding hydrogens is 244 g/mol. The van der Waals surface area contributed by atoms with E-state index in [9.17, 15) is 4.79 Å². The number of hydrogen-bond acceptors (Lipinski definition) is 3. The Morgan fingerprint density at radius 2 is 1.89 bits per heavy atom. The lowest BCUT2D eigenvalue weighted by Gasteiger charge is -2.04. The van der Waals surface area contributed by atoms with Crippen LogP contribution in [0.5, 0.6) is 0 Å². The second kappa shape index (κ2) is 10.1. The summed E-state index contributed by atoms with van der Waals surface area (Å²) in [5, 5.41) is 7.00. The number of nitrogens with one attached hydrogen (secondary N) is 1. The molecule has 4 heteroatoms. The van der Waals surface area contributed by atoms with Gasteiger partial charge in [0, 0.05) is 6.54 Å². The molecule has 0 aliphatic rings. The molecule has 1 aromatic heterocycles. The van der Waals surface area contributed by atoms with Gasteiger partial charge in [0.2, 0.25) is 5.91 Å². The summed E-state index contributed by atoms with van der Waals surface area (Å²) in [6.45, 7) is 1.61. The molecule has 0 saturated carbocycles. The highest BCUT2D eigenvalue weighted by Crippen LogP contribution is 2.06. The normalized spacial score (nSPS) is 10.5. The van der Waals surface area contributed by atoms with E-state index < -0.39 is 0 Å². The van der Waals surface area contributed by atoms with Crippen LogP contribution in [-0.4, -0.2) is 19.0 Å². The topological polar surface area (TPSA) is 55.1 Å². The van der Waals surface area contributed by atoms with Crippen molar-refractivity contribution in [2.45, 2.75) is 44.9 Å². The zero-order valence-corrected chi connectivity index (χ0v) is 11.8. The largest absolute Gasteiger partial charge is 0.356 e. The summed E-state index contributed by atoms with van der Waals surface area (Å²) >= 11 is 1.63. The predicted octanol–water partition coefficient (Wildman–Crippen LogP) is 2.71. The van der Waals surface area contributed by atoms with Gasteiger partial charge in [-0.2, -0.15) is 11.3 Å². The summed E-state index contributed by atoms with van der Waals surface area (Å²) in [5.74, 6) is 0.136. The van der Waals surface area contributed by atoms with E-state index in [2.05, 4.69) is 5.32 Å². The lowest BCUT2D eigenvalue weighted by atomic mass is 10.1. The fraction of sp³-hybridized carbons (Fsp3) is 0.643. The molecular formula is C14H24N2OS. The van der Waals surface area contributed by atoms with Gasteiger partial charge < -0.3 is 11.1 Å². The maximum absolute atomic E-state index is 11.6. The Balaban J connectivity index is 1.90. The molecule has 0 spiro atoms. The van der Waals surface area contributed by atoms with E-state index in [0.717, 1.165) is 31.5 Å². The summed E-state index contributed by atoms with van der Waals surface area (Å²) < 4.78 is 0. The number of rotatable bonds is 10. The molecule has 1 heterocycles. The van der Waals surface area contributed by atoms with Crippen molar-refractivity contribution in [1.82, 2.24) is 5.32 Å². The maximum Gasteiger partial charge on any atom is 0.224 e. The highest BCUT2D eigenvalue weighted by atomic mass is 32.1. The van der Waals surface area contributed by atoms with Gasteiger partial charge in [-0.25, -0.2) is 0 Å². The van der Waals surface area contributed by atoms with Crippen molar-refractivity contribution in [3.8, 4) is 0 Å². The third-order valence-corrected chi connectivity index (χ3v) is 3.63. The van der Waals surface area contributed by atoms with Crippen LogP contribution in [0.4, 0.5) is 0 Å². The highest BCUT2D eigenvalue weighted by molar-refractivity contribution is 7.07. The predicted molar refractivity (Wildman–Crippen MR) is 77.8 cm³/mol. The minimum Gasteiger partial charge on any atom is -0.356 e. The molecule has 1 aromatic rings. The molecule has 0 radical (unpaired) electrons. The third-order valence-electron chi connectivity index (χ3n) is 2.90. The SMILES string of the molecule is NCCCCCCCCNC(=O)Cc1ccsc1. The number of amides is 1. The molecule has 1 amide bonds. The van der Waals surface area contributed by atoms with Crippen molar-refractivity contribution in [1.29, 1.82) is 0 Å². The van der Waals surface area contributed by atoms with Gasteiger partial charge in [0.25, 0.3) is 0 Å². The van der Waals surface area contributed by atoms with E-state index >= 15 is 0 Å². The first-order valence-corrected chi connectivity index (χ1v) is 7.75. The van der Waals surface area contributed by atoms with Gasteiger partial charge in [-0.15, -0.1) is 0 Å². The highest BCUT2D eigenvalue weighted by Gasteiger charge is 2.02.